The topological polar surface area (TPSA) is 167 Å². The van der Waals surface area contributed by atoms with Gasteiger partial charge in [0.2, 0.25) is 0 Å². The summed E-state index contributed by atoms with van der Waals surface area (Å²) in [5, 5.41) is 22.8. The van der Waals surface area contributed by atoms with E-state index in [1.54, 1.807) is 50.2 Å². The number of hydrogen-bond donors (Lipinski definition) is 3. The van der Waals surface area contributed by atoms with Crippen molar-refractivity contribution in [2.75, 3.05) is 35.0 Å². The number of hydrogen-bond acceptors (Lipinski definition) is 10. The Morgan fingerprint density at radius 2 is 1.39 bits per heavy atom. The molecule has 266 valence electrons. The van der Waals surface area contributed by atoms with E-state index in [0.717, 1.165) is 11.1 Å². The summed E-state index contributed by atoms with van der Waals surface area (Å²) in [4.78, 5) is 23.7. The van der Waals surface area contributed by atoms with Crippen LogP contribution in [0.2, 0.25) is 0 Å². The predicted molar refractivity (Wildman–Crippen MR) is 181 cm³/mol. The summed E-state index contributed by atoms with van der Waals surface area (Å²) in [5.74, 6) is -1.14. The van der Waals surface area contributed by atoms with Gasteiger partial charge in [0.1, 0.15) is 0 Å². The van der Waals surface area contributed by atoms with E-state index in [0.29, 0.717) is 41.2 Å². The maximum Gasteiger partial charge on any atom is 0.306 e. The number of benzene rings is 3. The van der Waals surface area contributed by atoms with Crippen LogP contribution in [0.1, 0.15) is 54.5 Å². The van der Waals surface area contributed by atoms with Crippen molar-refractivity contribution in [3.05, 3.63) is 88.5 Å². The van der Waals surface area contributed by atoms with E-state index in [2.05, 4.69) is 5.32 Å². The molecule has 12 nitrogen and oxygen atoms in total. The summed E-state index contributed by atoms with van der Waals surface area (Å²) in [5.41, 5.74) is -0.488. The second-order valence-corrected chi connectivity index (χ2v) is 14.3. The second-order valence-electron chi connectivity index (χ2n) is 12.8. The van der Waals surface area contributed by atoms with Gasteiger partial charge in [-0.25, -0.2) is 4.18 Å². The Labute approximate surface area is 287 Å². The van der Waals surface area contributed by atoms with Gasteiger partial charge >= 0.3 is 11.9 Å². The average Bonchev–Trinajstić information content (AvgIpc) is 3.05. The van der Waals surface area contributed by atoms with Crippen LogP contribution < -0.4 is 14.8 Å². The van der Waals surface area contributed by atoms with E-state index in [9.17, 15) is 28.2 Å². The van der Waals surface area contributed by atoms with Crippen molar-refractivity contribution in [1.29, 1.82) is 0 Å². The largest absolute Gasteiger partial charge is 0.493 e. The highest BCUT2D eigenvalue weighted by Gasteiger charge is 2.44. The average molecular weight is 700 g/mol. The monoisotopic (exact) mass is 699 g/mol. The van der Waals surface area contributed by atoms with Gasteiger partial charge in [-0.2, -0.15) is 8.42 Å². The van der Waals surface area contributed by atoms with Crippen molar-refractivity contribution in [2.45, 2.75) is 74.2 Å². The van der Waals surface area contributed by atoms with Crippen molar-refractivity contribution in [3.8, 4) is 11.5 Å². The second kappa shape index (κ2) is 15.3. The fourth-order valence-corrected chi connectivity index (χ4v) is 7.54. The lowest BCUT2D eigenvalue weighted by Gasteiger charge is -2.41. The molecule has 1 aliphatic rings. The lowest BCUT2D eigenvalue weighted by Crippen LogP contribution is -2.52. The third-order valence-electron chi connectivity index (χ3n) is 9.02. The van der Waals surface area contributed by atoms with Crippen LogP contribution in [0.15, 0.2) is 65.6 Å². The Kier molecular flexibility index (Phi) is 11.8. The number of nitrogens with one attached hydrogen (secondary N) is 1. The highest BCUT2D eigenvalue weighted by molar-refractivity contribution is 7.86. The Bertz CT molecular complexity index is 1760. The third-order valence-corrected chi connectivity index (χ3v) is 10.4. The van der Waals surface area contributed by atoms with Gasteiger partial charge in [-0.05, 0) is 66.8 Å². The van der Waals surface area contributed by atoms with Gasteiger partial charge in [0.05, 0.1) is 43.2 Å². The molecular formula is C36H45NO11S. The van der Waals surface area contributed by atoms with E-state index in [-0.39, 0.29) is 37.0 Å². The molecule has 0 fully saturated rings. The predicted octanol–water partition coefficient (Wildman–Crippen LogP) is 4.50. The number of carbonyl (C=O) groups is 2. The first kappa shape index (κ1) is 37.8. The number of ether oxygens (including phenoxy) is 4. The standard InChI is InChI=1S/C36H45NO11S/c1-34(46-5,22-32(38)39)20-26-17-25-14-15-37-36(48-49(42,43)28-10-8-7-9-11-28,19-24-12-13-30(44-3)31(16-24)45-4)29(25)18-27(26)21-35(2,47-6)23-33(40)41/h7-13,16-18,37H,14-15,19-23H2,1-6H3,(H,38,39)(H,40,41)/t34?,35?,36-/m1/s1. The zero-order valence-corrected chi connectivity index (χ0v) is 29.5. The molecule has 1 aliphatic heterocycles. The van der Waals surface area contributed by atoms with Gasteiger partial charge < -0.3 is 29.2 Å². The molecule has 3 aromatic rings. The summed E-state index contributed by atoms with van der Waals surface area (Å²) in [6, 6.07) is 16.9. The van der Waals surface area contributed by atoms with Gasteiger partial charge in [0.15, 0.2) is 17.2 Å². The van der Waals surface area contributed by atoms with Crippen molar-refractivity contribution < 1.29 is 51.4 Å². The van der Waals surface area contributed by atoms with Gasteiger partial charge in [-0.15, -0.1) is 0 Å². The molecule has 0 saturated heterocycles. The minimum absolute atomic E-state index is 0.0228. The van der Waals surface area contributed by atoms with Crippen LogP contribution in [-0.4, -0.2) is 76.8 Å². The van der Waals surface area contributed by atoms with Gasteiger partial charge in [-0.3, -0.25) is 14.9 Å². The van der Waals surface area contributed by atoms with Crippen molar-refractivity contribution in [2.24, 2.45) is 0 Å². The number of aliphatic carboxylic acids is 2. The summed E-state index contributed by atoms with van der Waals surface area (Å²) < 4.78 is 56.5. The van der Waals surface area contributed by atoms with Crippen LogP contribution >= 0.6 is 0 Å². The van der Waals surface area contributed by atoms with Crippen molar-refractivity contribution >= 4 is 22.1 Å². The summed E-state index contributed by atoms with van der Waals surface area (Å²) in [7, 11) is 1.58. The molecule has 3 atom stereocenters. The smallest absolute Gasteiger partial charge is 0.306 e. The summed E-state index contributed by atoms with van der Waals surface area (Å²) in [6.07, 6.45) is 0.263. The minimum Gasteiger partial charge on any atom is -0.493 e. The normalized spacial score (nSPS) is 18.5. The van der Waals surface area contributed by atoms with E-state index in [4.69, 9.17) is 23.1 Å². The zero-order valence-electron chi connectivity index (χ0n) is 28.7. The number of methoxy groups -OCH3 is 4. The van der Waals surface area contributed by atoms with E-state index < -0.39 is 39.0 Å². The maximum absolute atomic E-state index is 13.9. The number of rotatable bonds is 17. The van der Waals surface area contributed by atoms with Crippen molar-refractivity contribution in [3.63, 3.8) is 0 Å². The molecule has 0 radical (unpaired) electrons. The molecule has 3 N–H and O–H groups in total. The quantitative estimate of drug-likeness (QED) is 0.169. The number of fused-ring (bicyclic) bond motifs is 1. The van der Waals surface area contributed by atoms with E-state index in [1.165, 1.54) is 40.6 Å². The van der Waals surface area contributed by atoms with Crippen LogP contribution in [0.25, 0.3) is 0 Å². The molecule has 49 heavy (non-hydrogen) atoms. The maximum atomic E-state index is 13.9. The SMILES string of the molecule is COc1ccc(C[C@]2(OS(=O)(=O)c3ccccc3)NCCc3cc(CC(C)(CC(=O)O)OC)c(CC(C)(CC(=O)O)OC)cc32)cc1OC. The molecule has 3 aromatic carbocycles. The third kappa shape index (κ3) is 8.97. The van der Waals surface area contributed by atoms with Crippen LogP contribution in [0.4, 0.5) is 0 Å². The molecule has 0 amide bonds. The van der Waals surface area contributed by atoms with Crippen LogP contribution in [-0.2, 0) is 64.8 Å². The zero-order chi connectivity index (χ0) is 36.0. The number of carboxylic acid groups (broad SMARTS) is 2. The molecule has 0 spiro atoms. The highest BCUT2D eigenvalue weighted by Crippen LogP contribution is 2.41. The van der Waals surface area contributed by atoms with Gasteiger partial charge in [0.25, 0.3) is 10.1 Å². The summed E-state index contributed by atoms with van der Waals surface area (Å²) >= 11 is 0. The lowest BCUT2D eigenvalue weighted by atomic mass is 9.79. The first-order valence-electron chi connectivity index (χ1n) is 15.8. The van der Waals surface area contributed by atoms with Crippen LogP contribution in [0, 0.1) is 0 Å². The highest BCUT2D eigenvalue weighted by atomic mass is 32.2. The molecule has 2 unspecified atom stereocenters. The molecule has 0 aliphatic carbocycles. The van der Waals surface area contributed by atoms with E-state index in [1.807, 2.05) is 12.1 Å². The first-order valence-corrected chi connectivity index (χ1v) is 17.2. The molecule has 13 heteroatoms. The Morgan fingerprint density at radius 1 is 0.816 bits per heavy atom. The molecule has 0 saturated carbocycles. The Morgan fingerprint density at radius 3 is 1.92 bits per heavy atom. The molecule has 0 aromatic heterocycles. The van der Waals surface area contributed by atoms with Crippen LogP contribution in [0.5, 0.6) is 11.5 Å². The molecule has 1 heterocycles. The molecule has 4 rings (SSSR count). The Hall–Kier alpha value is -4.01. The fourth-order valence-electron chi connectivity index (χ4n) is 6.37. The first-order chi connectivity index (χ1) is 23.1. The van der Waals surface area contributed by atoms with E-state index >= 15 is 0 Å². The van der Waals surface area contributed by atoms with Crippen LogP contribution in [0.3, 0.4) is 0 Å². The summed E-state index contributed by atoms with van der Waals surface area (Å²) in [6.45, 7) is 3.74. The Balaban J connectivity index is 1.97. The lowest BCUT2D eigenvalue weighted by molar-refractivity contribution is -0.144. The van der Waals surface area contributed by atoms with Gasteiger partial charge in [-0.1, -0.05) is 36.4 Å². The molecular weight excluding hydrogens is 654 g/mol. The van der Waals surface area contributed by atoms with Crippen molar-refractivity contribution in [1.82, 2.24) is 5.32 Å². The minimum atomic E-state index is -4.34. The molecule has 0 bridgehead atoms. The fraction of sp³-hybridized carbons (Fsp3) is 0.444. The van der Waals surface area contributed by atoms with Gasteiger partial charge in [0, 0.05) is 45.6 Å². The number of carboxylic acids is 2.